The van der Waals surface area contributed by atoms with Gasteiger partial charge in [-0.25, -0.2) is 0 Å². The molecule has 2 heterocycles. The summed E-state index contributed by atoms with van der Waals surface area (Å²) in [5.41, 5.74) is 1.18. The van der Waals surface area contributed by atoms with Crippen LogP contribution < -0.4 is 5.56 Å². The van der Waals surface area contributed by atoms with Crippen molar-refractivity contribution in [2.24, 2.45) is 7.05 Å². The summed E-state index contributed by atoms with van der Waals surface area (Å²) in [4.78, 5) is 40.8. The van der Waals surface area contributed by atoms with E-state index in [1.165, 1.54) is 9.80 Å². The first-order chi connectivity index (χ1) is 12.4. The molecular weight excluding hydrogens is 334 g/mol. The lowest BCUT2D eigenvalue weighted by Crippen LogP contribution is -2.59. The van der Waals surface area contributed by atoms with Crippen LogP contribution in [0.5, 0.6) is 0 Å². The van der Waals surface area contributed by atoms with Gasteiger partial charge in [-0.05, 0) is 24.4 Å². The zero-order chi connectivity index (χ0) is 18.8. The number of pyridine rings is 1. The number of methoxy groups -OCH3 is 1. The highest BCUT2D eigenvalue weighted by molar-refractivity contribution is 5.94. The van der Waals surface area contributed by atoms with Crippen LogP contribution in [0.3, 0.4) is 0 Å². The van der Waals surface area contributed by atoms with Gasteiger partial charge in [-0.15, -0.1) is 0 Å². The molecule has 0 aliphatic carbocycles. The monoisotopic (exact) mass is 357 g/mol. The van der Waals surface area contributed by atoms with E-state index in [9.17, 15) is 14.4 Å². The van der Waals surface area contributed by atoms with Crippen LogP contribution in [-0.2, 0) is 27.9 Å². The van der Waals surface area contributed by atoms with E-state index in [-0.39, 0.29) is 30.5 Å². The van der Waals surface area contributed by atoms with Gasteiger partial charge in [0, 0.05) is 26.3 Å². The third-order valence-corrected chi connectivity index (χ3v) is 4.90. The minimum atomic E-state index is -0.607. The van der Waals surface area contributed by atoms with Gasteiger partial charge in [0.15, 0.2) is 0 Å². The number of amides is 2. The molecule has 0 N–H and O–H groups in total. The Bertz CT molecular complexity index is 905. The SMILES string of the molecule is COCCN1CC(=O)N(Cc2cc3ccccc3n(C)c2=O)[C@@H](C)C1=O. The van der Waals surface area contributed by atoms with E-state index < -0.39 is 6.04 Å². The van der Waals surface area contributed by atoms with Crippen molar-refractivity contribution in [3.05, 3.63) is 46.2 Å². The Kier molecular flexibility index (Phi) is 5.08. The standard InChI is InChI=1S/C19H23N3O4/c1-13-18(24)21(8-9-26-3)12-17(23)22(13)11-15-10-14-6-4-5-7-16(14)20(2)19(15)25/h4-7,10,13H,8-9,11-12H2,1-3H3/t13-/m0/s1. The third-order valence-electron chi connectivity index (χ3n) is 4.90. The Morgan fingerprint density at radius 1 is 1.19 bits per heavy atom. The number of aryl methyl sites for hydroxylation is 1. The van der Waals surface area contributed by atoms with Crippen molar-refractivity contribution in [3.8, 4) is 0 Å². The van der Waals surface area contributed by atoms with Gasteiger partial charge < -0.3 is 19.1 Å². The third kappa shape index (κ3) is 3.22. The van der Waals surface area contributed by atoms with E-state index in [1.54, 1.807) is 31.7 Å². The summed E-state index contributed by atoms with van der Waals surface area (Å²) in [6.45, 7) is 2.61. The van der Waals surface area contributed by atoms with Gasteiger partial charge in [-0.1, -0.05) is 18.2 Å². The van der Waals surface area contributed by atoms with Gasteiger partial charge in [-0.2, -0.15) is 0 Å². The maximum atomic E-state index is 12.7. The molecule has 0 radical (unpaired) electrons. The van der Waals surface area contributed by atoms with Gasteiger partial charge in [0.25, 0.3) is 5.56 Å². The fourth-order valence-electron chi connectivity index (χ4n) is 3.35. The molecule has 0 saturated carbocycles. The summed E-state index contributed by atoms with van der Waals surface area (Å²) < 4.78 is 6.57. The Morgan fingerprint density at radius 2 is 1.92 bits per heavy atom. The number of nitrogens with zero attached hydrogens (tertiary/aromatic N) is 3. The number of hydrogen-bond donors (Lipinski definition) is 0. The Morgan fingerprint density at radius 3 is 2.65 bits per heavy atom. The first-order valence-corrected chi connectivity index (χ1v) is 8.59. The maximum absolute atomic E-state index is 12.7. The lowest BCUT2D eigenvalue weighted by molar-refractivity contribution is -0.156. The van der Waals surface area contributed by atoms with Crippen molar-refractivity contribution in [2.75, 3.05) is 26.8 Å². The molecule has 7 nitrogen and oxygen atoms in total. The molecule has 1 aromatic heterocycles. The number of benzene rings is 1. The molecule has 3 rings (SSSR count). The van der Waals surface area contributed by atoms with Crippen LogP contribution >= 0.6 is 0 Å². The number of carbonyl (C=O) groups is 2. The van der Waals surface area contributed by atoms with Crippen LogP contribution in [0.1, 0.15) is 12.5 Å². The smallest absolute Gasteiger partial charge is 0.255 e. The van der Waals surface area contributed by atoms with Gasteiger partial charge in [-0.3, -0.25) is 14.4 Å². The second-order valence-corrected chi connectivity index (χ2v) is 6.54. The molecule has 1 fully saturated rings. The van der Waals surface area contributed by atoms with Crippen LogP contribution in [0.15, 0.2) is 35.1 Å². The molecule has 0 unspecified atom stereocenters. The van der Waals surface area contributed by atoms with Crippen molar-refractivity contribution in [1.82, 2.24) is 14.4 Å². The molecule has 0 spiro atoms. The second-order valence-electron chi connectivity index (χ2n) is 6.54. The van der Waals surface area contributed by atoms with Crippen LogP contribution in [0.25, 0.3) is 10.9 Å². The van der Waals surface area contributed by atoms with Crippen molar-refractivity contribution in [1.29, 1.82) is 0 Å². The Balaban J connectivity index is 1.88. The number of hydrogen-bond acceptors (Lipinski definition) is 4. The Labute approximate surface area is 151 Å². The van der Waals surface area contributed by atoms with Crippen LogP contribution in [-0.4, -0.2) is 59.0 Å². The van der Waals surface area contributed by atoms with Crippen LogP contribution in [0.4, 0.5) is 0 Å². The van der Waals surface area contributed by atoms with Gasteiger partial charge in [0.05, 0.1) is 25.2 Å². The number of aromatic nitrogens is 1. The molecule has 2 amide bonds. The Hall–Kier alpha value is -2.67. The summed E-state index contributed by atoms with van der Waals surface area (Å²) >= 11 is 0. The molecule has 1 aliphatic rings. The quantitative estimate of drug-likeness (QED) is 0.791. The molecular formula is C19H23N3O4. The fraction of sp³-hybridized carbons (Fsp3) is 0.421. The van der Waals surface area contributed by atoms with E-state index in [0.717, 1.165) is 10.9 Å². The fourth-order valence-corrected chi connectivity index (χ4v) is 3.35. The summed E-state index contributed by atoms with van der Waals surface area (Å²) in [6.07, 6.45) is 0. The van der Waals surface area contributed by atoms with E-state index in [2.05, 4.69) is 0 Å². The first-order valence-electron chi connectivity index (χ1n) is 8.59. The molecule has 26 heavy (non-hydrogen) atoms. The summed E-state index contributed by atoms with van der Waals surface area (Å²) in [5.74, 6) is -0.289. The van der Waals surface area contributed by atoms with Gasteiger partial charge >= 0.3 is 0 Å². The number of fused-ring (bicyclic) bond motifs is 1. The number of para-hydroxylation sites is 1. The largest absolute Gasteiger partial charge is 0.383 e. The zero-order valence-corrected chi connectivity index (χ0v) is 15.3. The number of carbonyl (C=O) groups excluding carboxylic acids is 2. The number of piperazine rings is 1. The number of rotatable bonds is 5. The van der Waals surface area contributed by atoms with E-state index in [0.29, 0.717) is 18.7 Å². The lowest BCUT2D eigenvalue weighted by Gasteiger charge is -2.38. The van der Waals surface area contributed by atoms with E-state index in [4.69, 9.17) is 4.74 Å². The molecule has 1 aliphatic heterocycles. The van der Waals surface area contributed by atoms with Crippen LogP contribution in [0.2, 0.25) is 0 Å². The van der Waals surface area contributed by atoms with Crippen LogP contribution in [0, 0.1) is 0 Å². The summed E-state index contributed by atoms with van der Waals surface area (Å²) in [6, 6.07) is 8.79. The highest BCUT2D eigenvalue weighted by Gasteiger charge is 2.36. The lowest BCUT2D eigenvalue weighted by atomic mass is 10.1. The topological polar surface area (TPSA) is 71.8 Å². The van der Waals surface area contributed by atoms with Crippen molar-refractivity contribution < 1.29 is 14.3 Å². The molecule has 138 valence electrons. The molecule has 1 aromatic carbocycles. The summed E-state index contributed by atoms with van der Waals surface area (Å²) in [7, 11) is 3.27. The average Bonchev–Trinajstić information content (AvgIpc) is 2.64. The van der Waals surface area contributed by atoms with E-state index in [1.807, 2.05) is 24.3 Å². The molecule has 1 saturated heterocycles. The normalized spacial score (nSPS) is 18.0. The minimum Gasteiger partial charge on any atom is -0.383 e. The molecule has 2 aromatic rings. The highest BCUT2D eigenvalue weighted by Crippen LogP contribution is 2.18. The zero-order valence-electron chi connectivity index (χ0n) is 15.3. The van der Waals surface area contributed by atoms with Crippen molar-refractivity contribution in [2.45, 2.75) is 19.5 Å². The number of ether oxygens (including phenoxy) is 1. The van der Waals surface area contributed by atoms with Gasteiger partial charge in [0.2, 0.25) is 11.8 Å². The average molecular weight is 357 g/mol. The predicted octanol–water partition coefficient (Wildman–Crippen LogP) is 0.744. The molecule has 7 heteroatoms. The minimum absolute atomic E-state index is 0.0143. The highest BCUT2D eigenvalue weighted by atomic mass is 16.5. The van der Waals surface area contributed by atoms with Crippen molar-refractivity contribution in [3.63, 3.8) is 0 Å². The molecule has 0 bridgehead atoms. The summed E-state index contributed by atoms with van der Waals surface area (Å²) in [5, 5.41) is 0.926. The maximum Gasteiger partial charge on any atom is 0.255 e. The second kappa shape index (κ2) is 7.29. The molecule has 1 atom stereocenters. The van der Waals surface area contributed by atoms with Gasteiger partial charge in [0.1, 0.15) is 6.04 Å². The first kappa shape index (κ1) is 18.1. The van der Waals surface area contributed by atoms with Crippen molar-refractivity contribution >= 4 is 22.7 Å². The predicted molar refractivity (Wildman–Crippen MR) is 97.7 cm³/mol. The van der Waals surface area contributed by atoms with E-state index >= 15 is 0 Å².